The summed E-state index contributed by atoms with van der Waals surface area (Å²) in [6, 6.07) is 13.1. The van der Waals surface area contributed by atoms with E-state index in [4.69, 9.17) is 0 Å². The molecule has 1 unspecified atom stereocenters. The lowest BCUT2D eigenvalue weighted by molar-refractivity contribution is -0.138. The summed E-state index contributed by atoms with van der Waals surface area (Å²) in [4.78, 5) is 16.2. The van der Waals surface area contributed by atoms with Crippen LogP contribution in [0, 0.1) is 5.92 Å². The summed E-state index contributed by atoms with van der Waals surface area (Å²) in [6.45, 7) is 3.15. The molecule has 1 amide bonds. The molecule has 4 nitrogen and oxygen atoms in total. The van der Waals surface area contributed by atoms with Crippen molar-refractivity contribution in [3.63, 3.8) is 0 Å². The van der Waals surface area contributed by atoms with E-state index in [1.54, 1.807) is 0 Å². The molecular formula is C19H22N2O2S. The number of amides is 1. The molecule has 3 saturated heterocycles. The zero-order valence-corrected chi connectivity index (χ0v) is 14.3. The Bertz CT molecular complexity index is 695. The molecule has 126 valence electrons. The fourth-order valence-corrected chi connectivity index (χ4v) is 4.79. The van der Waals surface area contributed by atoms with Crippen molar-refractivity contribution in [2.75, 3.05) is 19.6 Å². The minimum atomic E-state index is -1.62. The molecule has 4 heterocycles. The first-order chi connectivity index (χ1) is 11.7. The van der Waals surface area contributed by atoms with Gasteiger partial charge in [-0.25, -0.2) is 0 Å². The normalized spacial score (nSPS) is 28.3. The smallest absolute Gasteiger partial charge is 0.262 e. The van der Waals surface area contributed by atoms with Crippen LogP contribution in [0.15, 0.2) is 47.8 Å². The molecule has 5 heteroatoms. The first kappa shape index (κ1) is 15.8. The molecule has 24 heavy (non-hydrogen) atoms. The summed E-state index contributed by atoms with van der Waals surface area (Å²) in [7, 11) is 0. The quantitative estimate of drug-likeness (QED) is 0.896. The van der Waals surface area contributed by atoms with Gasteiger partial charge in [0.1, 0.15) is 0 Å². The van der Waals surface area contributed by atoms with Gasteiger partial charge in [-0.1, -0.05) is 36.4 Å². The highest BCUT2D eigenvalue weighted by Gasteiger charge is 2.44. The number of aliphatic hydroxyl groups is 1. The van der Waals surface area contributed by atoms with Gasteiger partial charge in [-0.3, -0.25) is 4.79 Å². The number of benzene rings is 1. The topological polar surface area (TPSA) is 52.6 Å². The number of thiophene rings is 1. The van der Waals surface area contributed by atoms with Crippen LogP contribution >= 0.6 is 11.3 Å². The maximum absolute atomic E-state index is 13.1. The molecular weight excluding hydrogens is 320 g/mol. The molecule has 2 aromatic rings. The van der Waals surface area contributed by atoms with Crippen LogP contribution in [0.1, 0.15) is 23.3 Å². The third kappa shape index (κ3) is 2.66. The van der Waals surface area contributed by atoms with Crippen LogP contribution in [-0.4, -0.2) is 41.6 Å². The van der Waals surface area contributed by atoms with Gasteiger partial charge >= 0.3 is 0 Å². The van der Waals surface area contributed by atoms with Crippen molar-refractivity contribution >= 4 is 17.2 Å². The SMILES string of the molecule is O=C(N[C@H]1CN2CCC1CC2)C(O)(c1ccccc1)c1cccs1. The molecule has 0 saturated carbocycles. The Morgan fingerprint density at radius 2 is 1.92 bits per heavy atom. The lowest BCUT2D eigenvalue weighted by atomic mass is 9.83. The van der Waals surface area contributed by atoms with Gasteiger partial charge in [-0.15, -0.1) is 11.3 Å². The van der Waals surface area contributed by atoms with Gasteiger partial charge in [0.15, 0.2) is 0 Å². The van der Waals surface area contributed by atoms with E-state index in [9.17, 15) is 9.90 Å². The second-order valence-electron chi connectivity index (χ2n) is 6.77. The Morgan fingerprint density at radius 3 is 2.50 bits per heavy atom. The van der Waals surface area contributed by atoms with Crippen molar-refractivity contribution in [3.05, 3.63) is 58.3 Å². The van der Waals surface area contributed by atoms with Crippen molar-refractivity contribution in [3.8, 4) is 0 Å². The van der Waals surface area contributed by atoms with Crippen LogP contribution < -0.4 is 5.32 Å². The first-order valence-electron chi connectivity index (χ1n) is 8.53. The monoisotopic (exact) mass is 342 g/mol. The van der Waals surface area contributed by atoms with E-state index in [2.05, 4.69) is 10.2 Å². The number of hydrogen-bond acceptors (Lipinski definition) is 4. The van der Waals surface area contributed by atoms with Gasteiger partial charge in [0.05, 0.1) is 4.88 Å². The van der Waals surface area contributed by atoms with Gasteiger partial charge in [0, 0.05) is 12.6 Å². The molecule has 1 aromatic carbocycles. The van der Waals surface area contributed by atoms with Crippen molar-refractivity contribution in [1.82, 2.24) is 10.2 Å². The highest BCUT2D eigenvalue weighted by Crippen LogP contribution is 2.34. The molecule has 0 radical (unpaired) electrons. The average molecular weight is 342 g/mol. The van der Waals surface area contributed by atoms with Gasteiger partial charge < -0.3 is 15.3 Å². The summed E-state index contributed by atoms with van der Waals surface area (Å²) < 4.78 is 0. The number of carbonyl (C=O) groups excluding carboxylic acids is 1. The molecule has 3 aliphatic rings. The van der Waals surface area contributed by atoms with Gasteiger partial charge in [0.25, 0.3) is 5.91 Å². The molecule has 2 bridgehead atoms. The van der Waals surface area contributed by atoms with Crippen molar-refractivity contribution in [2.45, 2.75) is 24.5 Å². The largest absolute Gasteiger partial charge is 0.371 e. The Morgan fingerprint density at radius 1 is 1.17 bits per heavy atom. The predicted octanol–water partition coefficient (Wildman–Crippen LogP) is 2.19. The zero-order valence-electron chi connectivity index (χ0n) is 13.5. The van der Waals surface area contributed by atoms with E-state index in [1.165, 1.54) is 11.3 Å². The molecule has 1 aromatic heterocycles. The Kier molecular flexibility index (Phi) is 4.16. The van der Waals surface area contributed by atoms with Crippen molar-refractivity contribution < 1.29 is 9.90 Å². The van der Waals surface area contributed by atoms with Crippen molar-refractivity contribution in [1.29, 1.82) is 0 Å². The molecule has 3 fully saturated rings. The molecule has 3 aliphatic heterocycles. The minimum Gasteiger partial charge on any atom is -0.371 e. The van der Waals surface area contributed by atoms with E-state index < -0.39 is 5.60 Å². The Labute approximate surface area is 146 Å². The van der Waals surface area contributed by atoms with Crippen molar-refractivity contribution in [2.24, 2.45) is 5.92 Å². The summed E-state index contributed by atoms with van der Waals surface area (Å²) in [6.07, 6.45) is 2.27. The molecule has 0 aliphatic carbocycles. The maximum Gasteiger partial charge on any atom is 0.262 e. The minimum absolute atomic E-state index is 0.134. The number of carbonyl (C=O) groups is 1. The Hall–Kier alpha value is -1.69. The van der Waals surface area contributed by atoms with Crippen LogP contribution in [0.2, 0.25) is 0 Å². The van der Waals surface area contributed by atoms with Crippen LogP contribution in [0.4, 0.5) is 0 Å². The first-order valence-corrected chi connectivity index (χ1v) is 9.41. The molecule has 0 spiro atoms. The van der Waals surface area contributed by atoms with E-state index >= 15 is 0 Å². The molecule has 2 atom stereocenters. The number of nitrogens with one attached hydrogen (secondary N) is 1. The summed E-state index contributed by atoms with van der Waals surface area (Å²) in [5.41, 5.74) is -1.01. The second-order valence-corrected chi connectivity index (χ2v) is 7.72. The third-order valence-corrected chi connectivity index (χ3v) is 6.35. The van der Waals surface area contributed by atoms with E-state index in [1.807, 2.05) is 47.8 Å². The fraction of sp³-hybridized carbons (Fsp3) is 0.421. The van der Waals surface area contributed by atoms with Gasteiger partial charge in [-0.2, -0.15) is 0 Å². The van der Waals surface area contributed by atoms with Gasteiger partial charge in [-0.05, 0) is 48.9 Å². The zero-order chi connectivity index (χ0) is 16.6. The lowest BCUT2D eigenvalue weighted by Crippen LogP contribution is -2.60. The van der Waals surface area contributed by atoms with Crippen LogP contribution in [0.3, 0.4) is 0 Å². The number of nitrogens with zero attached hydrogens (tertiary/aromatic N) is 1. The van der Waals surface area contributed by atoms with Crippen LogP contribution in [0.5, 0.6) is 0 Å². The standard InChI is InChI=1S/C19H22N2O2S/c22-18(20-16-13-21-10-8-14(16)9-11-21)19(23,17-7-4-12-24-17)15-5-2-1-3-6-15/h1-7,12,14,16,23H,8-11,13H2,(H,20,22)/t16-,19?/m0/s1. The maximum atomic E-state index is 13.1. The second kappa shape index (κ2) is 6.31. The lowest BCUT2D eigenvalue weighted by Gasteiger charge is -2.45. The number of fused-ring (bicyclic) bond motifs is 3. The predicted molar refractivity (Wildman–Crippen MR) is 94.9 cm³/mol. The van der Waals surface area contributed by atoms with E-state index in [0.717, 1.165) is 32.5 Å². The van der Waals surface area contributed by atoms with E-state index in [0.29, 0.717) is 16.4 Å². The van der Waals surface area contributed by atoms with Crippen LogP contribution in [0.25, 0.3) is 0 Å². The van der Waals surface area contributed by atoms with Crippen LogP contribution in [-0.2, 0) is 10.4 Å². The number of hydrogen-bond donors (Lipinski definition) is 2. The summed E-state index contributed by atoms with van der Waals surface area (Å²) in [5.74, 6) is 0.220. The fourth-order valence-electron chi connectivity index (χ4n) is 3.95. The number of rotatable bonds is 4. The average Bonchev–Trinajstić information content (AvgIpc) is 3.18. The molecule has 5 rings (SSSR count). The third-order valence-electron chi connectivity index (χ3n) is 5.37. The Balaban J connectivity index is 1.63. The number of piperidine rings is 3. The highest BCUT2D eigenvalue weighted by molar-refractivity contribution is 7.10. The summed E-state index contributed by atoms with van der Waals surface area (Å²) >= 11 is 1.41. The highest BCUT2D eigenvalue weighted by atomic mass is 32.1. The van der Waals surface area contributed by atoms with E-state index in [-0.39, 0.29) is 11.9 Å². The van der Waals surface area contributed by atoms with Gasteiger partial charge in [0.2, 0.25) is 5.60 Å². The summed E-state index contributed by atoms with van der Waals surface area (Å²) in [5, 5.41) is 16.4. The molecule has 2 N–H and O–H groups in total.